The lowest BCUT2D eigenvalue weighted by Crippen LogP contribution is -1.78. The van der Waals surface area contributed by atoms with Gasteiger partial charge in [-0.15, -0.1) is 0 Å². The van der Waals surface area contributed by atoms with Crippen LogP contribution >= 0.6 is 11.6 Å². The fourth-order valence-electron chi connectivity index (χ4n) is 1.96. The molecule has 0 unspecified atom stereocenters. The number of hydrogen-bond donors (Lipinski definition) is 1. The Morgan fingerprint density at radius 1 is 1.29 bits per heavy atom. The van der Waals surface area contributed by atoms with Crippen molar-refractivity contribution in [1.82, 2.24) is 4.98 Å². The van der Waals surface area contributed by atoms with Crippen LogP contribution in [0.25, 0.3) is 17.0 Å². The van der Waals surface area contributed by atoms with E-state index in [1.807, 2.05) is 6.20 Å². The molecule has 0 amide bonds. The number of unbranched alkanes of at least 4 members (excludes halogenated alkanes) is 2. The van der Waals surface area contributed by atoms with Crippen LogP contribution in [0.3, 0.4) is 0 Å². The van der Waals surface area contributed by atoms with Gasteiger partial charge < -0.3 is 4.98 Å². The molecule has 0 saturated heterocycles. The highest BCUT2D eigenvalue weighted by molar-refractivity contribution is 6.31. The molecule has 1 nitrogen and oxygen atoms in total. The van der Waals surface area contributed by atoms with Gasteiger partial charge in [0.15, 0.2) is 0 Å². The Bertz CT molecular complexity index is 510. The van der Waals surface area contributed by atoms with Gasteiger partial charge in [-0.25, -0.2) is 0 Å². The van der Waals surface area contributed by atoms with Crippen LogP contribution in [0.2, 0.25) is 0 Å². The first-order valence-electron chi connectivity index (χ1n) is 6.23. The van der Waals surface area contributed by atoms with Crippen molar-refractivity contribution < 1.29 is 0 Å². The Kier molecular flexibility index (Phi) is 4.27. The molecule has 0 fully saturated rings. The van der Waals surface area contributed by atoms with Gasteiger partial charge in [-0.3, -0.25) is 0 Å². The molecule has 0 aliphatic heterocycles. The van der Waals surface area contributed by atoms with E-state index in [-0.39, 0.29) is 0 Å². The van der Waals surface area contributed by atoms with Crippen molar-refractivity contribution in [2.75, 3.05) is 0 Å². The summed E-state index contributed by atoms with van der Waals surface area (Å²) in [6.45, 7) is 2.21. The summed E-state index contributed by atoms with van der Waals surface area (Å²) in [5.41, 5.74) is 2.35. The average Bonchev–Trinajstić information content (AvgIpc) is 2.76. The molecular weight excluding hydrogens is 230 g/mol. The number of aromatic amines is 1. The molecular formula is C15H18ClN. The SMILES string of the molecule is CCCCC/C(Cl)=C/c1ccc2[nH]ccc2c1. The number of halogens is 1. The number of aromatic nitrogens is 1. The smallest absolute Gasteiger partial charge is 0.0454 e. The zero-order valence-electron chi connectivity index (χ0n) is 10.2. The first kappa shape index (κ1) is 12.3. The number of nitrogens with one attached hydrogen (secondary N) is 1. The number of hydrogen-bond acceptors (Lipinski definition) is 0. The van der Waals surface area contributed by atoms with Gasteiger partial charge in [-0.2, -0.15) is 0 Å². The van der Waals surface area contributed by atoms with Gasteiger partial charge >= 0.3 is 0 Å². The average molecular weight is 248 g/mol. The van der Waals surface area contributed by atoms with Gasteiger partial charge in [0, 0.05) is 16.7 Å². The molecule has 17 heavy (non-hydrogen) atoms. The van der Waals surface area contributed by atoms with Gasteiger partial charge in [0.2, 0.25) is 0 Å². The van der Waals surface area contributed by atoms with Crippen LogP contribution in [-0.4, -0.2) is 4.98 Å². The van der Waals surface area contributed by atoms with E-state index in [0.29, 0.717) is 0 Å². The van der Waals surface area contributed by atoms with Crippen LogP contribution in [-0.2, 0) is 0 Å². The Balaban J connectivity index is 2.08. The minimum Gasteiger partial charge on any atom is -0.361 e. The van der Waals surface area contributed by atoms with Crippen LogP contribution < -0.4 is 0 Å². The molecule has 90 valence electrons. The largest absolute Gasteiger partial charge is 0.361 e. The van der Waals surface area contributed by atoms with Crippen molar-refractivity contribution >= 4 is 28.6 Å². The second kappa shape index (κ2) is 5.92. The van der Waals surface area contributed by atoms with Gasteiger partial charge in [0.25, 0.3) is 0 Å². The van der Waals surface area contributed by atoms with Gasteiger partial charge in [-0.1, -0.05) is 37.4 Å². The maximum Gasteiger partial charge on any atom is 0.0454 e. The summed E-state index contributed by atoms with van der Waals surface area (Å²) < 4.78 is 0. The third kappa shape index (κ3) is 3.37. The lowest BCUT2D eigenvalue weighted by atomic mass is 10.1. The molecule has 1 aromatic carbocycles. The van der Waals surface area contributed by atoms with E-state index in [1.165, 1.54) is 35.7 Å². The Hall–Kier alpha value is -1.21. The number of benzene rings is 1. The highest BCUT2D eigenvalue weighted by Crippen LogP contribution is 2.20. The number of rotatable bonds is 5. The fourth-order valence-corrected chi connectivity index (χ4v) is 2.22. The lowest BCUT2D eigenvalue weighted by Gasteiger charge is -1.99. The molecule has 1 heterocycles. The summed E-state index contributed by atoms with van der Waals surface area (Å²) in [6, 6.07) is 8.43. The zero-order valence-corrected chi connectivity index (χ0v) is 10.9. The van der Waals surface area contributed by atoms with E-state index in [4.69, 9.17) is 11.6 Å². The number of allylic oxidation sites excluding steroid dienone is 1. The molecule has 0 aliphatic rings. The molecule has 2 heteroatoms. The van der Waals surface area contributed by atoms with E-state index in [2.05, 4.69) is 42.2 Å². The first-order chi connectivity index (χ1) is 8.29. The van der Waals surface area contributed by atoms with Crippen LogP contribution in [0, 0.1) is 0 Å². The minimum atomic E-state index is 0.952. The molecule has 2 aromatic rings. The summed E-state index contributed by atoms with van der Waals surface area (Å²) in [5.74, 6) is 0. The van der Waals surface area contributed by atoms with E-state index in [9.17, 15) is 0 Å². The monoisotopic (exact) mass is 247 g/mol. The van der Waals surface area contributed by atoms with Crippen LogP contribution in [0.1, 0.15) is 38.2 Å². The van der Waals surface area contributed by atoms with Crippen molar-refractivity contribution in [2.24, 2.45) is 0 Å². The van der Waals surface area contributed by atoms with Crippen LogP contribution in [0.4, 0.5) is 0 Å². The standard InChI is InChI=1S/C15H18ClN/c1-2-3-4-5-14(16)11-12-6-7-15-13(10-12)8-9-17-15/h6-11,17H,2-5H2,1H3/b14-11-. The predicted molar refractivity (Wildman–Crippen MR) is 76.3 cm³/mol. The Labute approximate surface area is 107 Å². The highest BCUT2D eigenvalue weighted by atomic mass is 35.5. The molecule has 0 saturated carbocycles. The van der Waals surface area contributed by atoms with Crippen molar-refractivity contribution in [3.05, 3.63) is 41.1 Å². The normalized spacial score (nSPS) is 12.2. The van der Waals surface area contributed by atoms with Crippen LogP contribution in [0.5, 0.6) is 0 Å². The van der Waals surface area contributed by atoms with Gasteiger partial charge in [0.1, 0.15) is 0 Å². The number of fused-ring (bicyclic) bond motifs is 1. The maximum absolute atomic E-state index is 6.23. The predicted octanol–water partition coefficient (Wildman–Crippen LogP) is 5.33. The van der Waals surface area contributed by atoms with Gasteiger partial charge in [-0.05, 0) is 48.1 Å². The summed E-state index contributed by atoms with van der Waals surface area (Å²) in [6.07, 6.45) is 8.68. The van der Waals surface area contributed by atoms with E-state index >= 15 is 0 Å². The molecule has 1 aromatic heterocycles. The third-order valence-electron chi connectivity index (χ3n) is 2.92. The van der Waals surface area contributed by atoms with Crippen molar-refractivity contribution in [2.45, 2.75) is 32.6 Å². The van der Waals surface area contributed by atoms with E-state index < -0.39 is 0 Å². The summed E-state index contributed by atoms with van der Waals surface area (Å²) in [7, 11) is 0. The zero-order chi connectivity index (χ0) is 12.1. The maximum atomic E-state index is 6.23. The molecule has 2 rings (SSSR count). The molecule has 0 spiro atoms. The number of H-pyrrole nitrogens is 1. The molecule has 0 bridgehead atoms. The third-order valence-corrected chi connectivity index (χ3v) is 3.22. The molecule has 1 N–H and O–H groups in total. The summed E-state index contributed by atoms with van der Waals surface area (Å²) >= 11 is 6.23. The Morgan fingerprint density at radius 2 is 2.18 bits per heavy atom. The van der Waals surface area contributed by atoms with Crippen molar-refractivity contribution in [3.8, 4) is 0 Å². The minimum absolute atomic E-state index is 0.952. The van der Waals surface area contributed by atoms with Crippen LogP contribution in [0.15, 0.2) is 35.5 Å². The quantitative estimate of drug-likeness (QED) is 0.688. The summed E-state index contributed by atoms with van der Waals surface area (Å²) in [4.78, 5) is 3.19. The highest BCUT2D eigenvalue weighted by Gasteiger charge is 1.97. The second-order valence-corrected chi connectivity index (χ2v) is 4.86. The topological polar surface area (TPSA) is 15.8 Å². The molecule has 0 atom stereocenters. The lowest BCUT2D eigenvalue weighted by molar-refractivity contribution is 0.726. The first-order valence-corrected chi connectivity index (χ1v) is 6.60. The second-order valence-electron chi connectivity index (χ2n) is 4.37. The fraction of sp³-hybridized carbons (Fsp3) is 0.333. The van der Waals surface area contributed by atoms with Crippen molar-refractivity contribution in [1.29, 1.82) is 0 Å². The molecule has 0 radical (unpaired) electrons. The summed E-state index contributed by atoms with van der Waals surface area (Å²) in [5, 5.41) is 2.19. The van der Waals surface area contributed by atoms with E-state index in [1.54, 1.807) is 0 Å². The molecule has 0 aliphatic carbocycles. The van der Waals surface area contributed by atoms with Gasteiger partial charge in [0.05, 0.1) is 0 Å². The Morgan fingerprint density at radius 3 is 3.00 bits per heavy atom. The van der Waals surface area contributed by atoms with Crippen molar-refractivity contribution in [3.63, 3.8) is 0 Å². The van der Waals surface area contributed by atoms with E-state index in [0.717, 1.165) is 11.5 Å².